The summed E-state index contributed by atoms with van der Waals surface area (Å²) in [6, 6.07) is 9.76. The molecular weight excluding hydrogens is 290 g/mol. The molecule has 2 heterocycles. The van der Waals surface area contributed by atoms with E-state index in [1.807, 2.05) is 35.2 Å². The van der Waals surface area contributed by atoms with Crippen LogP contribution < -0.4 is 10.1 Å². The Balaban J connectivity index is 1.63. The van der Waals surface area contributed by atoms with E-state index in [4.69, 9.17) is 4.74 Å². The molecule has 0 aliphatic carbocycles. The minimum absolute atomic E-state index is 0.0723. The molecule has 1 amide bonds. The van der Waals surface area contributed by atoms with Gasteiger partial charge >= 0.3 is 0 Å². The Morgan fingerprint density at radius 2 is 1.96 bits per heavy atom. The summed E-state index contributed by atoms with van der Waals surface area (Å²) in [7, 11) is 1.65. The summed E-state index contributed by atoms with van der Waals surface area (Å²) in [5.41, 5.74) is 2.64. The van der Waals surface area contributed by atoms with Crippen molar-refractivity contribution in [3.63, 3.8) is 0 Å². The summed E-state index contributed by atoms with van der Waals surface area (Å²) >= 11 is 0. The molecular formula is C18H21N3O2. The van der Waals surface area contributed by atoms with Gasteiger partial charge in [0.2, 0.25) is 0 Å². The Kier molecular flexibility index (Phi) is 4.76. The van der Waals surface area contributed by atoms with Gasteiger partial charge in [-0.05, 0) is 36.6 Å². The lowest BCUT2D eigenvalue weighted by Gasteiger charge is -2.15. The lowest BCUT2D eigenvalue weighted by molar-refractivity contribution is 0.0792. The number of benzene rings is 1. The number of anilines is 1. The molecule has 120 valence electrons. The van der Waals surface area contributed by atoms with E-state index in [1.165, 1.54) is 0 Å². The van der Waals surface area contributed by atoms with Crippen molar-refractivity contribution in [2.75, 3.05) is 25.5 Å². The third-order valence-electron chi connectivity index (χ3n) is 4.03. The number of nitrogens with zero attached hydrogens (tertiary/aromatic N) is 2. The van der Waals surface area contributed by atoms with Crippen LogP contribution in [0.15, 0.2) is 42.7 Å². The van der Waals surface area contributed by atoms with Gasteiger partial charge in [-0.3, -0.25) is 9.78 Å². The highest BCUT2D eigenvalue weighted by molar-refractivity contribution is 5.94. The van der Waals surface area contributed by atoms with Crippen LogP contribution in [0, 0.1) is 0 Å². The third-order valence-corrected chi connectivity index (χ3v) is 4.03. The van der Waals surface area contributed by atoms with Crippen LogP contribution in [0.1, 0.15) is 28.8 Å². The van der Waals surface area contributed by atoms with Crippen molar-refractivity contribution in [3.05, 3.63) is 53.9 Å². The van der Waals surface area contributed by atoms with Gasteiger partial charge < -0.3 is 15.0 Å². The topological polar surface area (TPSA) is 54.5 Å². The maximum absolute atomic E-state index is 12.4. The van der Waals surface area contributed by atoms with E-state index in [2.05, 4.69) is 10.3 Å². The van der Waals surface area contributed by atoms with Gasteiger partial charge in [0, 0.05) is 32.0 Å². The minimum atomic E-state index is 0.0723. The molecule has 1 fully saturated rings. The summed E-state index contributed by atoms with van der Waals surface area (Å²) < 4.78 is 5.15. The molecule has 0 spiro atoms. The number of ether oxygens (including phenoxy) is 1. The smallest absolute Gasteiger partial charge is 0.255 e. The Morgan fingerprint density at radius 1 is 1.22 bits per heavy atom. The van der Waals surface area contributed by atoms with Gasteiger partial charge in [0.1, 0.15) is 5.75 Å². The number of hydrogen-bond acceptors (Lipinski definition) is 4. The molecule has 3 rings (SSSR count). The molecule has 0 radical (unpaired) electrons. The third kappa shape index (κ3) is 3.80. The second-order valence-electron chi connectivity index (χ2n) is 5.66. The van der Waals surface area contributed by atoms with Crippen molar-refractivity contribution in [1.29, 1.82) is 0 Å². The molecule has 1 aliphatic rings. The first-order valence-electron chi connectivity index (χ1n) is 7.87. The highest BCUT2D eigenvalue weighted by Crippen LogP contribution is 2.16. The molecule has 5 nitrogen and oxygen atoms in total. The zero-order valence-electron chi connectivity index (χ0n) is 13.3. The summed E-state index contributed by atoms with van der Waals surface area (Å²) in [6.45, 7) is 2.37. The van der Waals surface area contributed by atoms with E-state index in [9.17, 15) is 4.79 Å². The summed E-state index contributed by atoms with van der Waals surface area (Å²) in [5, 5.41) is 3.31. The van der Waals surface area contributed by atoms with E-state index >= 15 is 0 Å². The van der Waals surface area contributed by atoms with Crippen molar-refractivity contribution >= 4 is 11.6 Å². The Morgan fingerprint density at radius 3 is 2.65 bits per heavy atom. The fourth-order valence-electron chi connectivity index (χ4n) is 2.70. The Bertz CT molecular complexity index is 664. The largest absolute Gasteiger partial charge is 0.497 e. The number of likely N-dealkylation sites (tertiary alicyclic amines) is 1. The van der Waals surface area contributed by atoms with Gasteiger partial charge in [0.15, 0.2) is 0 Å². The average Bonchev–Trinajstić information content (AvgIpc) is 3.14. The van der Waals surface area contributed by atoms with Crippen LogP contribution in [0.25, 0.3) is 0 Å². The highest BCUT2D eigenvalue weighted by Gasteiger charge is 2.19. The lowest BCUT2D eigenvalue weighted by Crippen LogP contribution is -2.27. The predicted molar refractivity (Wildman–Crippen MR) is 89.7 cm³/mol. The molecule has 1 saturated heterocycles. The zero-order valence-corrected chi connectivity index (χ0v) is 13.3. The van der Waals surface area contributed by atoms with Crippen molar-refractivity contribution in [2.24, 2.45) is 0 Å². The second kappa shape index (κ2) is 7.13. The van der Waals surface area contributed by atoms with Crippen LogP contribution in [0.2, 0.25) is 0 Å². The van der Waals surface area contributed by atoms with Crippen LogP contribution in [0.4, 0.5) is 5.69 Å². The molecule has 0 bridgehead atoms. The van der Waals surface area contributed by atoms with E-state index in [0.29, 0.717) is 12.1 Å². The molecule has 1 aromatic heterocycles. The van der Waals surface area contributed by atoms with E-state index in [0.717, 1.165) is 42.9 Å². The number of methoxy groups -OCH3 is 1. The van der Waals surface area contributed by atoms with E-state index < -0.39 is 0 Å². The predicted octanol–water partition coefficient (Wildman–Crippen LogP) is 2.94. The SMILES string of the molecule is COc1ccc(CNc2cncc(C(=O)N3CCCC3)c2)cc1. The Hall–Kier alpha value is -2.56. The van der Waals surface area contributed by atoms with Crippen LogP contribution in [-0.2, 0) is 6.54 Å². The van der Waals surface area contributed by atoms with Crippen LogP contribution in [-0.4, -0.2) is 36.0 Å². The lowest BCUT2D eigenvalue weighted by atomic mass is 10.2. The molecule has 2 aromatic rings. The second-order valence-corrected chi connectivity index (χ2v) is 5.66. The van der Waals surface area contributed by atoms with Gasteiger partial charge in [-0.25, -0.2) is 0 Å². The highest BCUT2D eigenvalue weighted by atomic mass is 16.5. The number of amides is 1. The number of carbonyl (C=O) groups excluding carboxylic acids is 1. The van der Waals surface area contributed by atoms with Crippen LogP contribution in [0.5, 0.6) is 5.75 Å². The number of carbonyl (C=O) groups is 1. The quantitative estimate of drug-likeness (QED) is 0.922. The van der Waals surface area contributed by atoms with Crippen molar-refractivity contribution in [3.8, 4) is 5.75 Å². The molecule has 1 aliphatic heterocycles. The number of hydrogen-bond donors (Lipinski definition) is 1. The number of aromatic nitrogens is 1. The van der Waals surface area contributed by atoms with Crippen LogP contribution in [0.3, 0.4) is 0 Å². The maximum Gasteiger partial charge on any atom is 0.255 e. The number of pyridine rings is 1. The fraction of sp³-hybridized carbons (Fsp3) is 0.333. The van der Waals surface area contributed by atoms with E-state index in [-0.39, 0.29) is 5.91 Å². The van der Waals surface area contributed by atoms with Gasteiger partial charge in [0.05, 0.1) is 18.4 Å². The van der Waals surface area contributed by atoms with Crippen molar-refractivity contribution in [1.82, 2.24) is 9.88 Å². The summed E-state index contributed by atoms with van der Waals surface area (Å²) in [4.78, 5) is 18.5. The summed E-state index contributed by atoms with van der Waals surface area (Å²) in [6.07, 6.45) is 5.56. The minimum Gasteiger partial charge on any atom is -0.497 e. The van der Waals surface area contributed by atoms with Crippen molar-refractivity contribution in [2.45, 2.75) is 19.4 Å². The average molecular weight is 311 g/mol. The molecule has 0 saturated carbocycles. The number of rotatable bonds is 5. The molecule has 5 heteroatoms. The first-order chi connectivity index (χ1) is 11.3. The zero-order chi connectivity index (χ0) is 16.1. The Labute approximate surface area is 136 Å². The van der Waals surface area contributed by atoms with Gasteiger partial charge in [0.25, 0.3) is 5.91 Å². The summed E-state index contributed by atoms with van der Waals surface area (Å²) in [5.74, 6) is 0.914. The molecule has 23 heavy (non-hydrogen) atoms. The first kappa shape index (κ1) is 15.3. The molecule has 1 aromatic carbocycles. The molecule has 0 atom stereocenters. The fourth-order valence-corrected chi connectivity index (χ4v) is 2.70. The van der Waals surface area contributed by atoms with Crippen LogP contribution >= 0.6 is 0 Å². The van der Waals surface area contributed by atoms with E-state index in [1.54, 1.807) is 19.5 Å². The first-order valence-corrected chi connectivity index (χ1v) is 7.87. The molecule has 1 N–H and O–H groups in total. The van der Waals surface area contributed by atoms with Gasteiger partial charge in [-0.15, -0.1) is 0 Å². The number of nitrogens with one attached hydrogen (secondary N) is 1. The maximum atomic E-state index is 12.4. The standard InChI is InChI=1S/C18H21N3O2/c1-23-17-6-4-14(5-7-17)11-20-16-10-15(12-19-13-16)18(22)21-8-2-3-9-21/h4-7,10,12-13,20H,2-3,8-9,11H2,1H3. The van der Waals surface area contributed by atoms with Crippen molar-refractivity contribution < 1.29 is 9.53 Å². The normalized spacial score (nSPS) is 13.9. The van der Waals surface area contributed by atoms with Gasteiger partial charge in [-0.2, -0.15) is 0 Å². The van der Waals surface area contributed by atoms with Gasteiger partial charge in [-0.1, -0.05) is 12.1 Å². The monoisotopic (exact) mass is 311 g/mol. The molecule has 0 unspecified atom stereocenters.